The molecule has 1 N–H and O–H groups in total. The molecule has 0 bridgehead atoms. The molecule has 0 aromatic carbocycles. The Labute approximate surface area is 192 Å². The van der Waals surface area contributed by atoms with Gasteiger partial charge in [0.25, 0.3) is 11.8 Å². The van der Waals surface area contributed by atoms with Gasteiger partial charge in [-0.15, -0.1) is 0 Å². The van der Waals surface area contributed by atoms with Crippen LogP contribution in [0.2, 0.25) is 0 Å². The average molecular weight is 449 g/mol. The molecule has 5 rings (SSSR count). The lowest BCUT2D eigenvalue weighted by atomic mass is 9.92. The van der Waals surface area contributed by atoms with Crippen molar-refractivity contribution in [2.45, 2.75) is 44.6 Å². The summed E-state index contributed by atoms with van der Waals surface area (Å²) in [5, 5.41) is 7.20. The SMILES string of the molecule is Cc1cnc2c(C(=O)N3CCC(c4ccc(C(=O)NCC5CCCO5)cn4)CC3)cnn2c1. The highest BCUT2D eigenvalue weighted by Gasteiger charge is 2.27. The van der Waals surface area contributed by atoms with Crippen molar-refractivity contribution >= 4 is 17.5 Å². The van der Waals surface area contributed by atoms with Gasteiger partial charge in [0.05, 0.1) is 17.9 Å². The van der Waals surface area contributed by atoms with Crippen molar-refractivity contribution in [2.24, 2.45) is 0 Å². The highest BCUT2D eigenvalue weighted by atomic mass is 16.5. The maximum Gasteiger partial charge on any atom is 0.259 e. The van der Waals surface area contributed by atoms with Crippen molar-refractivity contribution < 1.29 is 14.3 Å². The Morgan fingerprint density at radius 2 is 1.97 bits per heavy atom. The Morgan fingerprint density at radius 3 is 2.70 bits per heavy atom. The third-order valence-corrected chi connectivity index (χ3v) is 6.48. The lowest BCUT2D eigenvalue weighted by molar-refractivity contribution is 0.0713. The number of pyridine rings is 1. The molecule has 33 heavy (non-hydrogen) atoms. The molecule has 0 aliphatic carbocycles. The molecule has 0 saturated carbocycles. The van der Waals surface area contributed by atoms with Crippen LogP contribution in [-0.4, -0.2) is 68.6 Å². The summed E-state index contributed by atoms with van der Waals surface area (Å²) in [5.74, 6) is 0.107. The van der Waals surface area contributed by atoms with Crippen LogP contribution in [0.1, 0.15) is 63.6 Å². The van der Waals surface area contributed by atoms with E-state index in [-0.39, 0.29) is 23.8 Å². The molecule has 2 saturated heterocycles. The van der Waals surface area contributed by atoms with Gasteiger partial charge < -0.3 is 15.0 Å². The number of nitrogens with one attached hydrogen (secondary N) is 1. The molecule has 0 radical (unpaired) electrons. The first-order valence-corrected chi connectivity index (χ1v) is 11.5. The van der Waals surface area contributed by atoms with Gasteiger partial charge in [-0.25, -0.2) is 9.50 Å². The highest BCUT2D eigenvalue weighted by molar-refractivity contribution is 5.99. The summed E-state index contributed by atoms with van der Waals surface area (Å²) in [7, 11) is 0. The first kappa shape index (κ1) is 21.5. The van der Waals surface area contributed by atoms with E-state index >= 15 is 0 Å². The molecule has 172 valence electrons. The van der Waals surface area contributed by atoms with E-state index in [1.807, 2.05) is 30.2 Å². The van der Waals surface area contributed by atoms with Crippen LogP contribution < -0.4 is 5.32 Å². The van der Waals surface area contributed by atoms with Gasteiger partial charge in [0.2, 0.25) is 0 Å². The van der Waals surface area contributed by atoms with E-state index in [2.05, 4.69) is 20.4 Å². The fraction of sp³-hybridized carbons (Fsp3) is 0.458. The monoisotopic (exact) mass is 448 g/mol. The molecule has 2 amide bonds. The van der Waals surface area contributed by atoms with Gasteiger partial charge >= 0.3 is 0 Å². The number of fused-ring (bicyclic) bond motifs is 1. The number of likely N-dealkylation sites (tertiary alicyclic amines) is 1. The minimum absolute atomic E-state index is 0.0361. The molecular weight excluding hydrogens is 420 g/mol. The van der Waals surface area contributed by atoms with E-state index < -0.39 is 0 Å². The summed E-state index contributed by atoms with van der Waals surface area (Å²) in [6, 6.07) is 3.76. The smallest absolute Gasteiger partial charge is 0.259 e. The number of hydrogen-bond acceptors (Lipinski definition) is 6. The van der Waals surface area contributed by atoms with Gasteiger partial charge in [0.15, 0.2) is 5.65 Å². The van der Waals surface area contributed by atoms with Crippen LogP contribution in [0.3, 0.4) is 0 Å². The fourth-order valence-corrected chi connectivity index (χ4v) is 4.56. The van der Waals surface area contributed by atoms with Crippen LogP contribution in [0.15, 0.2) is 36.9 Å². The predicted octanol–water partition coefficient (Wildman–Crippen LogP) is 2.36. The van der Waals surface area contributed by atoms with E-state index in [0.29, 0.717) is 36.4 Å². The third kappa shape index (κ3) is 4.59. The number of carbonyl (C=O) groups excluding carboxylic acids is 2. The number of aryl methyl sites for hydroxylation is 1. The van der Waals surface area contributed by atoms with Gasteiger partial charge in [-0.05, 0) is 50.3 Å². The molecule has 3 aromatic rings. The zero-order valence-electron chi connectivity index (χ0n) is 18.7. The Kier molecular flexibility index (Phi) is 6.04. The Balaban J connectivity index is 1.16. The lowest BCUT2D eigenvalue weighted by Gasteiger charge is -2.31. The number of amides is 2. The van der Waals surface area contributed by atoms with Gasteiger partial charge in [-0.3, -0.25) is 14.6 Å². The lowest BCUT2D eigenvalue weighted by Crippen LogP contribution is -2.38. The molecule has 3 aromatic heterocycles. The largest absolute Gasteiger partial charge is 0.376 e. The van der Waals surface area contributed by atoms with Crippen LogP contribution in [-0.2, 0) is 4.74 Å². The van der Waals surface area contributed by atoms with Gasteiger partial charge in [-0.2, -0.15) is 5.10 Å². The number of rotatable bonds is 5. The molecule has 9 heteroatoms. The topological polar surface area (TPSA) is 102 Å². The second-order valence-corrected chi connectivity index (χ2v) is 8.84. The van der Waals surface area contributed by atoms with Crippen LogP contribution >= 0.6 is 0 Å². The summed E-state index contributed by atoms with van der Waals surface area (Å²) in [6.07, 6.45) is 10.7. The Hall–Kier alpha value is -3.33. The van der Waals surface area contributed by atoms with E-state index in [1.165, 1.54) is 0 Å². The Bertz CT molecular complexity index is 1140. The molecule has 2 aliphatic heterocycles. The van der Waals surface area contributed by atoms with Gasteiger partial charge in [0, 0.05) is 56.4 Å². The number of aromatic nitrogens is 4. The highest BCUT2D eigenvalue weighted by Crippen LogP contribution is 2.28. The van der Waals surface area contributed by atoms with Crippen molar-refractivity contribution in [2.75, 3.05) is 26.2 Å². The van der Waals surface area contributed by atoms with Gasteiger partial charge in [0.1, 0.15) is 5.56 Å². The molecular formula is C24H28N6O3. The summed E-state index contributed by atoms with van der Waals surface area (Å²) >= 11 is 0. The maximum atomic E-state index is 13.0. The van der Waals surface area contributed by atoms with Crippen LogP contribution in [0.4, 0.5) is 0 Å². The number of ether oxygens (including phenoxy) is 1. The number of hydrogen-bond donors (Lipinski definition) is 1. The molecule has 2 aliphatic rings. The van der Waals surface area contributed by atoms with Crippen molar-refractivity contribution in [3.63, 3.8) is 0 Å². The standard InChI is InChI=1S/C24H28N6O3/c1-16-11-26-22-20(14-28-30(22)15-16)24(32)29-8-6-17(7-9-29)21-5-4-18(12-25-21)23(31)27-13-19-3-2-10-33-19/h4-5,11-12,14-15,17,19H,2-3,6-10,13H2,1H3,(H,27,31). The van der Waals surface area contributed by atoms with Crippen molar-refractivity contribution in [3.05, 3.63) is 59.3 Å². The van der Waals surface area contributed by atoms with Crippen LogP contribution in [0.5, 0.6) is 0 Å². The summed E-state index contributed by atoms with van der Waals surface area (Å²) < 4.78 is 7.20. The third-order valence-electron chi connectivity index (χ3n) is 6.48. The summed E-state index contributed by atoms with van der Waals surface area (Å²) in [6.45, 7) is 4.56. The normalized spacial score (nSPS) is 19.2. The van der Waals surface area contributed by atoms with E-state index in [4.69, 9.17) is 4.74 Å². The Morgan fingerprint density at radius 1 is 1.12 bits per heavy atom. The minimum Gasteiger partial charge on any atom is -0.376 e. The maximum absolute atomic E-state index is 13.0. The van der Waals surface area contributed by atoms with Crippen molar-refractivity contribution in [1.29, 1.82) is 0 Å². The second-order valence-electron chi connectivity index (χ2n) is 8.84. The molecule has 0 spiro atoms. The van der Waals surface area contributed by atoms with Crippen molar-refractivity contribution in [3.8, 4) is 0 Å². The molecule has 9 nitrogen and oxygen atoms in total. The minimum atomic E-state index is -0.123. The first-order valence-electron chi connectivity index (χ1n) is 11.5. The predicted molar refractivity (Wildman–Crippen MR) is 121 cm³/mol. The fourth-order valence-electron chi connectivity index (χ4n) is 4.56. The van der Waals surface area contributed by atoms with Gasteiger partial charge in [-0.1, -0.05) is 0 Å². The van der Waals surface area contributed by atoms with E-state index in [0.717, 1.165) is 43.5 Å². The van der Waals surface area contributed by atoms with Crippen LogP contribution in [0, 0.1) is 6.92 Å². The zero-order chi connectivity index (χ0) is 22.8. The van der Waals surface area contributed by atoms with E-state index in [9.17, 15) is 9.59 Å². The number of piperidine rings is 1. The average Bonchev–Trinajstić information content (AvgIpc) is 3.52. The molecule has 1 unspecified atom stereocenters. The van der Waals surface area contributed by atoms with Crippen molar-refractivity contribution in [1.82, 2.24) is 29.8 Å². The summed E-state index contributed by atoms with van der Waals surface area (Å²) in [4.78, 5) is 36.2. The molecule has 1 atom stereocenters. The van der Waals surface area contributed by atoms with E-state index in [1.54, 1.807) is 23.1 Å². The summed E-state index contributed by atoms with van der Waals surface area (Å²) in [5.41, 5.74) is 3.63. The quantitative estimate of drug-likeness (QED) is 0.643. The first-order chi connectivity index (χ1) is 16.1. The number of carbonyl (C=O) groups is 2. The number of nitrogens with zero attached hydrogens (tertiary/aromatic N) is 5. The zero-order valence-corrected chi connectivity index (χ0v) is 18.7. The van der Waals surface area contributed by atoms with Crippen LogP contribution in [0.25, 0.3) is 5.65 Å². The second kappa shape index (κ2) is 9.27. The molecule has 2 fully saturated rings. The molecule has 5 heterocycles.